The molecule has 0 aliphatic heterocycles. The zero-order chi connectivity index (χ0) is 13.9. The molecule has 4 nitrogen and oxygen atoms in total. The first-order chi connectivity index (χ1) is 9.78. The molecule has 2 aromatic heterocycles. The maximum absolute atomic E-state index is 8.76. The average Bonchev–Trinajstić information content (AvgIpc) is 2.51. The lowest BCUT2D eigenvalue weighted by atomic mass is 10.2. The van der Waals surface area contributed by atoms with Gasteiger partial charge in [0, 0.05) is 17.8 Å². The van der Waals surface area contributed by atoms with Gasteiger partial charge in [0.2, 0.25) is 0 Å². The second kappa shape index (κ2) is 5.16. The minimum Gasteiger partial charge on any atom is -0.338 e. The number of nitrogens with one attached hydrogen (secondary N) is 1. The lowest BCUT2D eigenvalue weighted by Gasteiger charge is -2.09. The number of halogens is 1. The van der Waals surface area contributed by atoms with Gasteiger partial charge in [-0.15, -0.1) is 0 Å². The van der Waals surface area contributed by atoms with E-state index >= 15 is 0 Å². The highest BCUT2D eigenvalue weighted by Crippen LogP contribution is 2.29. The van der Waals surface area contributed by atoms with Crippen molar-refractivity contribution in [1.29, 1.82) is 5.26 Å². The maximum Gasteiger partial charge on any atom is 0.130 e. The quantitative estimate of drug-likeness (QED) is 0.773. The van der Waals surface area contributed by atoms with Crippen molar-refractivity contribution in [2.75, 3.05) is 5.32 Å². The number of anilines is 2. The number of nitrogens with zero attached hydrogens (tertiary/aromatic N) is 3. The Bertz CT molecular complexity index is 806. The van der Waals surface area contributed by atoms with E-state index in [1.54, 1.807) is 18.3 Å². The molecule has 0 spiro atoms. The van der Waals surface area contributed by atoms with Crippen LogP contribution in [0.5, 0.6) is 0 Å². The van der Waals surface area contributed by atoms with Crippen LogP contribution in [0.2, 0.25) is 5.02 Å². The number of aromatic nitrogens is 2. The molecule has 2 heterocycles. The monoisotopic (exact) mass is 280 g/mol. The Hall–Kier alpha value is -2.64. The fourth-order valence-corrected chi connectivity index (χ4v) is 2.13. The van der Waals surface area contributed by atoms with Gasteiger partial charge in [-0.25, -0.2) is 4.98 Å². The number of benzene rings is 1. The summed E-state index contributed by atoms with van der Waals surface area (Å²) in [4.78, 5) is 8.52. The minimum atomic E-state index is 0.523. The highest BCUT2D eigenvalue weighted by Gasteiger charge is 2.06. The van der Waals surface area contributed by atoms with Crippen LogP contribution in [0, 0.1) is 11.3 Å². The summed E-state index contributed by atoms with van der Waals surface area (Å²) in [5.74, 6) is 0.651. The van der Waals surface area contributed by atoms with Gasteiger partial charge in [0.05, 0.1) is 21.8 Å². The molecule has 96 valence electrons. The van der Waals surface area contributed by atoms with Crippen LogP contribution >= 0.6 is 11.6 Å². The van der Waals surface area contributed by atoms with E-state index in [1.807, 2.05) is 30.3 Å². The molecule has 0 fully saturated rings. The van der Waals surface area contributed by atoms with Crippen LogP contribution in [0.1, 0.15) is 5.56 Å². The van der Waals surface area contributed by atoms with Gasteiger partial charge >= 0.3 is 0 Å². The predicted octanol–water partition coefficient (Wildman–Crippen LogP) is 3.90. The summed E-state index contributed by atoms with van der Waals surface area (Å²) in [6.07, 6.45) is 3.24. The molecule has 20 heavy (non-hydrogen) atoms. The maximum atomic E-state index is 8.76. The zero-order valence-corrected chi connectivity index (χ0v) is 11.1. The molecule has 0 atom stereocenters. The number of rotatable bonds is 2. The van der Waals surface area contributed by atoms with E-state index < -0.39 is 0 Å². The summed E-state index contributed by atoms with van der Waals surface area (Å²) in [5.41, 5.74) is 2.13. The Morgan fingerprint density at radius 1 is 1.10 bits per heavy atom. The fraction of sp³-hybridized carbons (Fsp3) is 0. The van der Waals surface area contributed by atoms with E-state index in [0.29, 0.717) is 16.4 Å². The molecule has 1 aromatic carbocycles. The van der Waals surface area contributed by atoms with Crippen LogP contribution < -0.4 is 5.32 Å². The Morgan fingerprint density at radius 3 is 2.75 bits per heavy atom. The van der Waals surface area contributed by atoms with Gasteiger partial charge in [-0.3, -0.25) is 4.98 Å². The van der Waals surface area contributed by atoms with Crippen molar-refractivity contribution < 1.29 is 0 Å². The van der Waals surface area contributed by atoms with Gasteiger partial charge in [0.15, 0.2) is 0 Å². The fourth-order valence-electron chi connectivity index (χ4n) is 1.91. The molecule has 3 rings (SSSR count). The highest BCUT2D eigenvalue weighted by atomic mass is 35.5. The van der Waals surface area contributed by atoms with Gasteiger partial charge in [-0.2, -0.15) is 5.26 Å². The topological polar surface area (TPSA) is 61.6 Å². The first-order valence-corrected chi connectivity index (χ1v) is 6.32. The molecule has 0 saturated heterocycles. The SMILES string of the molecule is N#Cc1ccc(Nc2ccc(Cl)c3cccnc23)nc1. The van der Waals surface area contributed by atoms with Crippen LogP contribution in [0.15, 0.2) is 48.8 Å². The molecule has 1 N–H and O–H groups in total. The molecule has 0 radical (unpaired) electrons. The van der Waals surface area contributed by atoms with Crippen LogP contribution in [0.25, 0.3) is 10.9 Å². The summed E-state index contributed by atoms with van der Waals surface area (Å²) in [6, 6.07) is 12.9. The van der Waals surface area contributed by atoms with E-state index in [1.165, 1.54) is 6.20 Å². The van der Waals surface area contributed by atoms with Crippen molar-refractivity contribution in [3.05, 3.63) is 59.4 Å². The number of hydrogen-bond donors (Lipinski definition) is 1. The van der Waals surface area contributed by atoms with Gasteiger partial charge in [0.1, 0.15) is 11.9 Å². The van der Waals surface area contributed by atoms with Crippen LogP contribution in [-0.2, 0) is 0 Å². The third-order valence-corrected chi connectivity index (χ3v) is 3.20. The smallest absolute Gasteiger partial charge is 0.130 e. The molecule has 0 unspecified atom stereocenters. The zero-order valence-electron chi connectivity index (χ0n) is 10.3. The number of pyridine rings is 2. The standard InChI is InChI=1S/C15H9ClN4/c16-12-4-5-13(15-11(12)2-1-7-18-15)20-14-6-3-10(8-17)9-19-14/h1-7,9H,(H,19,20). The van der Waals surface area contributed by atoms with Gasteiger partial charge in [0.25, 0.3) is 0 Å². The number of fused-ring (bicyclic) bond motifs is 1. The van der Waals surface area contributed by atoms with Crippen LogP contribution in [0.3, 0.4) is 0 Å². The first kappa shape index (κ1) is 12.4. The molecular weight excluding hydrogens is 272 g/mol. The summed E-state index contributed by atoms with van der Waals surface area (Å²) >= 11 is 6.15. The van der Waals surface area contributed by atoms with E-state index in [-0.39, 0.29) is 0 Å². The molecule has 0 amide bonds. The van der Waals surface area contributed by atoms with E-state index in [2.05, 4.69) is 15.3 Å². The van der Waals surface area contributed by atoms with Crippen molar-refractivity contribution in [3.8, 4) is 6.07 Å². The van der Waals surface area contributed by atoms with Crippen molar-refractivity contribution in [1.82, 2.24) is 9.97 Å². The minimum absolute atomic E-state index is 0.523. The number of hydrogen-bond acceptors (Lipinski definition) is 4. The largest absolute Gasteiger partial charge is 0.338 e. The molecule has 0 aliphatic carbocycles. The Balaban J connectivity index is 2.02. The summed E-state index contributed by atoms with van der Waals surface area (Å²) in [7, 11) is 0. The van der Waals surface area contributed by atoms with Crippen molar-refractivity contribution in [3.63, 3.8) is 0 Å². The van der Waals surface area contributed by atoms with Crippen molar-refractivity contribution >= 4 is 34.0 Å². The average molecular weight is 281 g/mol. The van der Waals surface area contributed by atoms with Crippen molar-refractivity contribution in [2.45, 2.75) is 0 Å². The second-order valence-electron chi connectivity index (χ2n) is 4.16. The lowest BCUT2D eigenvalue weighted by Crippen LogP contribution is -1.95. The Labute approximate surface area is 120 Å². The van der Waals surface area contributed by atoms with Gasteiger partial charge < -0.3 is 5.32 Å². The summed E-state index contributed by atoms with van der Waals surface area (Å²) < 4.78 is 0. The highest BCUT2D eigenvalue weighted by molar-refractivity contribution is 6.35. The lowest BCUT2D eigenvalue weighted by molar-refractivity contribution is 1.28. The third kappa shape index (κ3) is 2.27. The second-order valence-corrected chi connectivity index (χ2v) is 4.57. The first-order valence-electron chi connectivity index (χ1n) is 5.94. The third-order valence-electron chi connectivity index (χ3n) is 2.87. The van der Waals surface area contributed by atoms with Crippen LogP contribution in [-0.4, -0.2) is 9.97 Å². The predicted molar refractivity (Wildman–Crippen MR) is 79.0 cm³/mol. The molecule has 0 bridgehead atoms. The van der Waals surface area contributed by atoms with E-state index in [0.717, 1.165) is 16.6 Å². The molecular formula is C15H9ClN4. The van der Waals surface area contributed by atoms with Crippen molar-refractivity contribution in [2.24, 2.45) is 0 Å². The van der Waals surface area contributed by atoms with Crippen LogP contribution in [0.4, 0.5) is 11.5 Å². The van der Waals surface area contributed by atoms with Gasteiger partial charge in [-0.05, 0) is 36.4 Å². The summed E-state index contributed by atoms with van der Waals surface area (Å²) in [6.45, 7) is 0. The Kier molecular flexibility index (Phi) is 3.20. The molecule has 0 aliphatic rings. The Morgan fingerprint density at radius 2 is 2.00 bits per heavy atom. The van der Waals surface area contributed by atoms with Gasteiger partial charge in [-0.1, -0.05) is 11.6 Å². The molecule has 5 heteroatoms. The van der Waals surface area contributed by atoms with E-state index in [9.17, 15) is 0 Å². The normalized spacial score (nSPS) is 10.2. The molecule has 0 saturated carbocycles. The van der Waals surface area contributed by atoms with E-state index in [4.69, 9.17) is 16.9 Å². The molecule has 3 aromatic rings. The number of nitriles is 1. The summed E-state index contributed by atoms with van der Waals surface area (Å²) in [5, 5.41) is 13.5.